The molecule has 1 aromatic rings. The molecular formula is C15H21NO3S. The van der Waals surface area contributed by atoms with Crippen molar-refractivity contribution in [2.24, 2.45) is 5.92 Å². The van der Waals surface area contributed by atoms with E-state index in [1.54, 1.807) is 18.2 Å². The first-order valence-electron chi connectivity index (χ1n) is 6.81. The molecule has 4 nitrogen and oxygen atoms in total. The van der Waals surface area contributed by atoms with Crippen LogP contribution in [0.2, 0.25) is 0 Å². The van der Waals surface area contributed by atoms with Gasteiger partial charge in [-0.15, -0.1) is 6.58 Å². The molecule has 2 atom stereocenters. The lowest BCUT2D eigenvalue weighted by Gasteiger charge is -2.23. The Morgan fingerprint density at radius 2 is 2.05 bits per heavy atom. The molecule has 0 bridgehead atoms. The number of hydrogen-bond donors (Lipinski definition) is 0. The zero-order valence-electron chi connectivity index (χ0n) is 12.0. The van der Waals surface area contributed by atoms with E-state index in [0.29, 0.717) is 24.5 Å². The first-order valence-corrected chi connectivity index (χ1v) is 8.25. The predicted octanol–water partition coefficient (Wildman–Crippen LogP) is 2.55. The van der Waals surface area contributed by atoms with Gasteiger partial charge in [0, 0.05) is 13.2 Å². The summed E-state index contributed by atoms with van der Waals surface area (Å²) in [4.78, 5) is 0.317. The first kappa shape index (κ1) is 15.2. The van der Waals surface area contributed by atoms with E-state index in [4.69, 9.17) is 4.74 Å². The molecule has 0 aliphatic carbocycles. The number of rotatable bonds is 5. The van der Waals surface area contributed by atoms with Crippen molar-refractivity contribution < 1.29 is 13.2 Å². The quantitative estimate of drug-likeness (QED) is 0.784. The third-order valence-electron chi connectivity index (χ3n) is 3.56. The average molecular weight is 295 g/mol. The van der Waals surface area contributed by atoms with Crippen LogP contribution in [0.5, 0.6) is 0 Å². The SMILES string of the molecule is C=CC1CC(OCC)N(S(=O)(=O)c2ccc(C)cc2)C1. The summed E-state index contributed by atoms with van der Waals surface area (Å²) in [6.45, 7) is 8.50. The standard InChI is InChI=1S/C15H21NO3S/c1-4-13-10-15(19-5-2)16(11-13)20(17,18)14-8-6-12(3)7-9-14/h4,6-9,13,15H,1,5,10-11H2,2-3H3. The largest absolute Gasteiger partial charge is 0.362 e. The van der Waals surface area contributed by atoms with Gasteiger partial charge in [-0.25, -0.2) is 8.42 Å². The van der Waals surface area contributed by atoms with Crippen LogP contribution < -0.4 is 0 Å². The lowest BCUT2D eigenvalue weighted by molar-refractivity contribution is 0.00856. The van der Waals surface area contributed by atoms with Gasteiger partial charge in [-0.3, -0.25) is 0 Å². The van der Waals surface area contributed by atoms with E-state index < -0.39 is 16.3 Å². The highest BCUT2D eigenvalue weighted by molar-refractivity contribution is 7.89. The highest BCUT2D eigenvalue weighted by Gasteiger charge is 2.39. The molecule has 1 heterocycles. The topological polar surface area (TPSA) is 46.6 Å². The Hall–Kier alpha value is -1.17. The Kier molecular flexibility index (Phi) is 4.62. The molecule has 0 spiro atoms. The van der Waals surface area contributed by atoms with Gasteiger partial charge in [0.25, 0.3) is 0 Å². The van der Waals surface area contributed by atoms with E-state index in [0.717, 1.165) is 5.56 Å². The van der Waals surface area contributed by atoms with Gasteiger partial charge in [-0.1, -0.05) is 23.8 Å². The monoisotopic (exact) mass is 295 g/mol. The van der Waals surface area contributed by atoms with Crippen LogP contribution >= 0.6 is 0 Å². The number of ether oxygens (including phenoxy) is 1. The van der Waals surface area contributed by atoms with Crippen molar-refractivity contribution in [1.29, 1.82) is 0 Å². The minimum atomic E-state index is -3.51. The van der Waals surface area contributed by atoms with Crippen molar-refractivity contribution in [2.75, 3.05) is 13.2 Å². The van der Waals surface area contributed by atoms with Crippen molar-refractivity contribution in [3.8, 4) is 0 Å². The fraction of sp³-hybridized carbons (Fsp3) is 0.467. The second kappa shape index (κ2) is 6.08. The van der Waals surface area contributed by atoms with Crippen molar-refractivity contribution in [1.82, 2.24) is 4.31 Å². The van der Waals surface area contributed by atoms with Gasteiger partial charge >= 0.3 is 0 Å². The van der Waals surface area contributed by atoms with E-state index >= 15 is 0 Å². The van der Waals surface area contributed by atoms with Crippen LogP contribution in [0.15, 0.2) is 41.8 Å². The van der Waals surface area contributed by atoms with Gasteiger partial charge in [0.05, 0.1) is 4.90 Å². The second-order valence-corrected chi connectivity index (χ2v) is 6.92. The molecule has 1 aromatic carbocycles. The normalized spacial score (nSPS) is 23.9. The number of sulfonamides is 1. The maximum Gasteiger partial charge on any atom is 0.245 e. The summed E-state index contributed by atoms with van der Waals surface area (Å²) in [5.74, 6) is 0.145. The zero-order valence-corrected chi connectivity index (χ0v) is 12.8. The van der Waals surface area contributed by atoms with Gasteiger partial charge < -0.3 is 4.74 Å². The molecule has 0 saturated carbocycles. The van der Waals surface area contributed by atoms with Gasteiger partial charge in [0.2, 0.25) is 10.0 Å². The van der Waals surface area contributed by atoms with Crippen LogP contribution in [0.4, 0.5) is 0 Å². The first-order chi connectivity index (χ1) is 9.48. The molecule has 0 radical (unpaired) electrons. The minimum absolute atomic E-state index is 0.145. The molecule has 20 heavy (non-hydrogen) atoms. The molecule has 2 unspecified atom stereocenters. The van der Waals surface area contributed by atoms with Crippen LogP contribution in [0.25, 0.3) is 0 Å². The van der Waals surface area contributed by atoms with Gasteiger partial charge in [0.1, 0.15) is 6.23 Å². The van der Waals surface area contributed by atoms with Crippen molar-refractivity contribution in [3.63, 3.8) is 0 Å². The highest BCUT2D eigenvalue weighted by atomic mass is 32.2. The Bertz CT molecular complexity index is 565. The third-order valence-corrected chi connectivity index (χ3v) is 5.43. The predicted molar refractivity (Wildman–Crippen MR) is 78.8 cm³/mol. The van der Waals surface area contributed by atoms with E-state index in [9.17, 15) is 8.42 Å². The number of aryl methyl sites for hydroxylation is 1. The number of benzene rings is 1. The van der Waals surface area contributed by atoms with Crippen LogP contribution in [0.3, 0.4) is 0 Å². The van der Waals surface area contributed by atoms with E-state index in [-0.39, 0.29) is 5.92 Å². The molecule has 1 saturated heterocycles. The molecule has 110 valence electrons. The Morgan fingerprint density at radius 1 is 1.40 bits per heavy atom. The summed E-state index contributed by atoms with van der Waals surface area (Å²) in [6, 6.07) is 6.91. The fourth-order valence-electron chi connectivity index (χ4n) is 2.41. The highest BCUT2D eigenvalue weighted by Crippen LogP contribution is 2.30. The number of hydrogen-bond acceptors (Lipinski definition) is 3. The molecular weight excluding hydrogens is 274 g/mol. The zero-order chi connectivity index (χ0) is 14.8. The second-order valence-electron chi connectivity index (χ2n) is 5.03. The minimum Gasteiger partial charge on any atom is -0.362 e. The maximum absolute atomic E-state index is 12.7. The summed E-state index contributed by atoms with van der Waals surface area (Å²) in [5.41, 5.74) is 1.04. The molecule has 0 amide bonds. The van der Waals surface area contributed by atoms with Crippen LogP contribution in [0, 0.1) is 12.8 Å². The summed E-state index contributed by atoms with van der Waals surface area (Å²) in [6.07, 6.45) is 2.08. The van der Waals surface area contributed by atoms with Crippen LogP contribution in [-0.4, -0.2) is 32.1 Å². The van der Waals surface area contributed by atoms with Crippen LogP contribution in [0.1, 0.15) is 18.9 Å². The molecule has 5 heteroatoms. The molecule has 0 N–H and O–H groups in total. The third kappa shape index (κ3) is 2.95. The smallest absolute Gasteiger partial charge is 0.245 e. The Balaban J connectivity index is 2.31. The van der Waals surface area contributed by atoms with E-state index in [1.807, 2.05) is 26.0 Å². The Morgan fingerprint density at radius 3 is 2.60 bits per heavy atom. The van der Waals surface area contributed by atoms with Gasteiger partial charge in [-0.2, -0.15) is 4.31 Å². The lowest BCUT2D eigenvalue weighted by Crippen LogP contribution is -2.37. The summed E-state index contributed by atoms with van der Waals surface area (Å²) in [7, 11) is -3.51. The molecule has 1 fully saturated rings. The summed E-state index contributed by atoms with van der Waals surface area (Å²) in [5, 5.41) is 0. The van der Waals surface area contributed by atoms with Crippen molar-refractivity contribution in [3.05, 3.63) is 42.5 Å². The van der Waals surface area contributed by atoms with Crippen molar-refractivity contribution in [2.45, 2.75) is 31.4 Å². The molecule has 0 aromatic heterocycles. The van der Waals surface area contributed by atoms with E-state index in [1.165, 1.54) is 4.31 Å². The van der Waals surface area contributed by atoms with Crippen molar-refractivity contribution >= 4 is 10.0 Å². The lowest BCUT2D eigenvalue weighted by atomic mass is 10.1. The fourth-order valence-corrected chi connectivity index (χ4v) is 4.01. The molecule has 1 aliphatic rings. The number of nitrogens with zero attached hydrogens (tertiary/aromatic N) is 1. The average Bonchev–Trinajstić information content (AvgIpc) is 2.84. The summed E-state index contributed by atoms with van der Waals surface area (Å²) < 4.78 is 32.4. The maximum atomic E-state index is 12.7. The van der Waals surface area contributed by atoms with Crippen LogP contribution in [-0.2, 0) is 14.8 Å². The molecule has 2 rings (SSSR count). The molecule has 1 aliphatic heterocycles. The van der Waals surface area contributed by atoms with Gasteiger partial charge in [-0.05, 0) is 38.3 Å². The Labute approximate surface area is 121 Å². The van der Waals surface area contributed by atoms with Gasteiger partial charge in [0.15, 0.2) is 0 Å². The van der Waals surface area contributed by atoms with E-state index in [2.05, 4.69) is 6.58 Å². The summed E-state index contributed by atoms with van der Waals surface area (Å²) >= 11 is 0.